The highest BCUT2D eigenvalue weighted by Gasteiger charge is 2.49. The number of benzene rings is 3. The van der Waals surface area contributed by atoms with Crippen molar-refractivity contribution in [3.63, 3.8) is 0 Å². The fourth-order valence-electron chi connectivity index (χ4n) is 7.09. The van der Waals surface area contributed by atoms with Gasteiger partial charge < -0.3 is 14.7 Å². The van der Waals surface area contributed by atoms with E-state index in [0.29, 0.717) is 65.6 Å². The summed E-state index contributed by atoms with van der Waals surface area (Å²) in [6, 6.07) is 19.7. The van der Waals surface area contributed by atoms with E-state index in [2.05, 4.69) is 18.2 Å². The van der Waals surface area contributed by atoms with E-state index in [-0.39, 0.29) is 28.9 Å². The number of halogens is 1. The molecule has 0 fully saturated rings. The minimum Gasteiger partial charge on any atom is -0.487 e. The molecular weight excluding hydrogens is 562 g/mol. The second-order valence-electron chi connectivity index (χ2n) is 13.6. The molecule has 6 rings (SSSR count). The number of ketones is 2. The third-order valence-corrected chi connectivity index (χ3v) is 9.16. The van der Waals surface area contributed by atoms with Crippen molar-refractivity contribution < 1.29 is 24.2 Å². The Labute approximate surface area is 257 Å². The molecule has 0 atom stereocenters. The molecule has 0 aromatic heterocycles. The van der Waals surface area contributed by atoms with Crippen LogP contribution in [0.3, 0.4) is 0 Å². The summed E-state index contributed by atoms with van der Waals surface area (Å²) in [7, 11) is 0. The Hall–Kier alpha value is -3.90. The quantitative estimate of drug-likeness (QED) is 0.312. The van der Waals surface area contributed by atoms with Crippen LogP contribution in [-0.4, -0.2) is 34.1 Å². The first kappa shape index (κ1) is 29.2. The molecule has 1 N–H and O–H groups in total. The zero-order valence-corrected chi connectivity index (χ0v) is 25.8. The number of ether oxygens (including phenoxy) is 1. The number of rotatable bonds is 6. The van der Waals surface area contributed by atoms with Crippen LogP contribution >= 0.6 is 11.6 Å². The SMILES string of the molecule is CC1(C)CC(=O)C2=C(C1)N(CC(=O)O)C1=C(C(=O)CC(C)(C)C1)C2c1ccc(OCc2cccc3ccccc23)c(Cl)c1. The molecule has 7 heteroatoms. The van der Waals surface area contributed by atoms with Crippen molar-refractivity contribution in [1.82, 2.24) is 4.90 Å². The average Bonchev–Trinajstić information content (AvgIpc) is 2.91. The van der Waals surface area contributed by atoms with Crippen LogP contribution in [0, 0.1) is 10.8 Å². The summed E-state index contributed by atoms with van der Waals surface area (Å²) in [5.74, 6) is -1.20. The Morgan fingerprint density at radius 2 is 1.49 bits per heavy atom. The molecule has 3 aliphatic rings. The Bertz CT molecular complexity index is 1690. The molecular formula is C36H36ClNO5. The maximum atomic E-state index is 13.9. The van der Waals surface area contributed by atoms with Gasteiger partial charge in [-0.3, -0.25) is 14.4 Å². The number of carboxylic acid groups (broad SMARTS) is 1. The summed E-state index contributed by atoms with van der Waals surface area (Å²) in [5.41, 5.74) is 3.58. The molecule has 6 nitrogen and oxygen atoms in total. The van der Waals surface area contributed by atoms with E-state index >= 15 is 0 Å². The van der Waals surface area contributed by atoms with Crippen molar-refractivity contribution >= 4 is 39.9 Å². The minimum absolute atomic E-state index is 0.0526. The first-order valence-electron chi connectivity index (χ1n) is 14.7. The number of Topliss-reactive ketones (excluding diaryl/α,β-unsaturated/α-hetero) is 2. The van der Waals surface area contributed by atoms with E-state index in [1.807, 2.05) is 58.0 Å². The second-order valence-corrected chi connectivity index (χ2v) is 14.0. The molecule has 0 saturated carbocycles. The van der Waals surface area contributed by atoms with Crippen molar-refractivity contribution in [2.24, 2.45) is 10.8 Å². The van der Waals surface area contributed by atoms with E-state index in [1.165, 1.54) is 0 Å². The van der Waals surface area contributed by atoms with Gasteiger partial charge >= 0.3 is 5.97 Å². The van der Waals surface area contributed by atoms with E-state index in [1.54, 1.807) is 17.0 Å². The van der Waals surface area contributed by atoms with E-state index in [9.17, 15) is 19.5 Å². The van der Waals surface area contributed by atoms with Gasteiger partial charge in [0, 0.05) is 41.3 Å². The smallest absolute Gasteiger partial charge is 0.323 e. The highest BCUT2D eigenvalue weighted by Crippen LogP contribution is 2.54. The summed E-state index contributed by atoms with van der Waals surface area (Å²) < 4.78 is 6.18. The lowest BCUT2D eigenvalue weighted by atomic mass is 9.63. The Morgan fingerprint density at radius 1 is 0.884 bits per heavy atom. The van der Waals surface area contributed by atoms with Gasteiger partial charge in [-0.1, -0.05) is 87.8 Å². The molecule has 0 spiro atoms. The van der Waals surface area contributed by atoms with Crippen LogP contribution in [0.5, 0.6) is 5.75 Å². The van der Waals surface area contributed by atoms with Crippen LogP contribution in [0.4, 0.5) is 0 Å². The second kappa shape index (κ2) is 10.7. The highest BCUT2D eigenvalue weighted by atomic mass is 35.5. The van der Waals surface area contributed by atoms with Gasteiger partial charge in [-0.2, -0.15) is 0 Å². The summed E-state index contributed by atoms with van der Waals surface area (Å²) in [6.45, 7) is 8.16. The van der Waals surface area contributed by atoms with Crippen LogP contribution in [0.2, 0.25) is 5.02 Å². The first-order chi connectivity index (χ1) is 20.3. The van der Waals surface area contributed by atoms with E-state index in [0.717, 1.165) is 21.9 Å². The van der Waals surface area contributed by atoms with Gasteiger partial charge in [0.25, 0.3) is 0 Å². The van der Waals surface area contributed by atoms with Gasteiger partial charge in [0.05, 0.1) is 5.02 Å². The highest BCUT2D eigenvalue weighted by molar-refractivity contribution is 6.32. The third-order valence-electron chi connectivity index (χ3n) is 8.87. The molecule has 1 aliphatic heterocycles. The number of allylic oxidation sites excluding steroid dienone is 4. The molecule has 0 saturated heterocycles. The molecule has 2 aliphatic carbocycles. The summed E-state index contributed by atoms with van der Waals surface area (Å²) >= 11 is 6.83. The number of hydrogen-bond donors (Lipinski definition) is 1. The molecule has 0 radical (unpaired) electrons. The fraction of sp³-hybridized carbons (Fsp3) is 0.361. The van der Waals surface area contributed by atoms with Crippen molar-refractivity contribution in [2.75, 3.05) is 6.54 Å². The van der Waals surface area contributed by atoms with E-state index < -0.39 is 11.9 Å². The molecule has 0 bridgehead atoms. The number of carbonyl (C=O) groups excluding carboxylic acids is 2. The van der Waals surface area contributed by atoms with Gasteiger partial charge in [0.15, 0.2) is 11.6 Å². The van der Waals surface area contributed by atoms with Crippen molar-refractivity contribution in [3.8, 4) is 5.75 Å². The van der Waals surface area contributed by atoms with Crippen LogP contribution in [0.25, 0.3) is 10.8 Å². The summed E-state index contributed by atoms with van der Waals surface area (Å²) in [6.07, 6.45) is 1.74. The van der Waals surface area contributed by atoms with Crippen LogP contribution in [0.15, 0.2) is 83.2 Å². The molecule has 43 heavy (non-hydrogen) atoms. The van der Waals surface area contributed by atoms with Crippen LogP contribution in [-0.2, 0) is 21.0 Å². The maximum Gasteiger partial charge on any atom is 0.323 e. The van der Waals surface area contributed by atoms with E-state index in [4.69, 9.17) is 16.3 Å². The topological polar surface area (TPSA) is 83.9 Å². The van der Waals surface area contributed by atoms with Gasteiger partial charge in [-0.15, -0.1) is 0 Å². The number of fused-ring (bicyclic) bond motifs is 1. The van der Waals surface area contributed by atoms with Crippen molar-refractivity contribution in [2.45, 2.75) is 65.9 Å². The fourth-order valence-corrected chi connectivity index (χ4v) is 7.34. The van der Waals surface area contributed by atoms with Gasteiger partial charge in [-0.25, -0.2) is 0 Å². The standard InChI is InChI=1S/C36H36ClNO5/c1-35(2)15-26-33(28(39)17-35)32(34-27(38(26)19-31(41)42)16-36(3,4)18-29(34)40)22-12-13-30(25(37)14-22)43-20-23-10-7-9-21-8-5-6-11-24(21)23/h5-14,32H,15-20H2,1-4H3,(H,41,42). The third kappa shape index (κ3) is 5.49. The zero-order valence-electron chi connectivity index (χ0n) is 25.0. The van der Waals surface area contributed by atoms with Crippen molar-refractivity contribution in [1.29, 1.82) is 0 Å². The normalized spacial score (nSPS) is 19.9. The molecule has 3 aromatic carbocycles. The van der Waals surface area contributed by atoms with Crippen LogP contribution in [0.1, 0.15) is 70.4 Å². The molecule has 3 aromatic rings. The largest absolute Gasteiger partial charge is 0.487 e. The number of hydrogen-bond acceptors (Lipinski definition) is 5. The lowest BCUT2D eigenvalue weighted by molar-refractivity contribution is -0.138. The molecule has 1 heterocycles. The average molecular weight is 598 g/mol. The minimum atomic E-state index is -1.00. The zero-order chi connectivity index (χ0) is 30.7. The first-order valence-corrected chi connectivity index (χ1v) is 15.1. The van der Waals surface area contributed by atoms with Crippen molar-refractivity contribution in [3.05, 3.63) is 99.4 Å². The summed E-state index contributed by atoms with van der Waals surface area (Å²) in [4.78, 5) is 41.6. The number of nitrogens with zero attached hydrogens (tertiary/aromatic N) is 1. The number of carbonyl (C=O) groups is 3. The number of aliphatic carboxylic acids is 1. The van der Waals surface area contributed by atoms with Gasteiger partial charge in [-0.05, 0) is 57.7 Å². The molecule has 0 unspecified atom stereocenters. The van der Waals surface area contributed by atoms with Gasteiger partial charge in [0.1, 0.15) is 18.9 Å². The molecule has 0 amide bonds. The summed E-state index contributed by atoms with van der Waals surface area (Å²) in [5, 5.41) is 12.5. The lowest BCUT2D eigenvalue weighted by Gasteiger charge is -2.48. The maximum absolute atomic E-state index is 13.9. The number of carboxylic acids is 1. The van der Waals surface area contributed by atoms with Crippen LogP contribution < -0.4 is 4.74 Å². The Kier molecular flexibility index (Phi) is 7.24. The molecule has 222 valence electrons. The monoisotopic (exact) mass is 597 g/mol. The predicted octanol–water partition coefficient (Wildman–Crippen LogP) is 7.84. The Balaban J connectivity index is 1.42. The lowest BCUT2D eigenvalue weighted by Crippen LogP contribution is -2.45. The van der Waals surface area contributed by atoms with Gasteiger partial charge in [0.2, 0.25) is 0 Å². The Morgan fingerprint density at radius 3 is 2.09 bits per heavy atom. The predicted molar refractivity (Wildman–Crippen MR) is 167 cm³/mol.